The summed E-state index contributed by atoms with van der Waals surface area (Å²) in [5, 5.41) is 0. The van der Waals surface area contributed by atoms with Crippen molar-refractivity contribution in [2.75, 3.05) is 0 Å². The molecule has 0 aromatic heterocycles. The maximum absolute atomic E-state index is 7.50. The van der Waals surface area contributed by atoms with Gasteiger partial charge >= 0.3 is 55.0 Å². The van der Waals surface area contributed by atoms with Crippen LogP contribution in [0.1, 0.15) is 0 Å². The number of hydrogen-bond acceptors (Lipinski definition) is 0. The third-order valence-corrected chi connectivity index (χ3v) is 0.556. The van der Waals surface area contributed by atoms with Crippen molar-refractivity contribution >= 4 is 0 Å². The smallest absolute Gasteiger partial charge is 0.214 e. The summed E-state index contributed by atoms with van der Waals surface area (Å²) in [6.45, 7) is 13.5. The summed E-state index contributed by atoms with van der Waals surface area (Å²) < 4.78 is 22.5. The van der Waals surface area contributed by atoms with Crippen molar-refractivity contribution in [3.05, 3.63) is 50.3 Å². The molecule has 1 aromatic rings. The average molecular weight is 245 g/mol. The van der Waals surface area contributed by atoms with Crippen molar-refractivity contribution in [2.24, 2.45) is 0 Å². The molecule has 0 aliphatic rings. The summed E-state index contributed by atoms with van der Waals surface area (Å²) in [6, 6.07) is 10.0. The molecule has 0 unspecified atom stereocenters. The van der Waals surface area contributed by atoms with Crippen LogP contribution in [0.15, 0.2) is 30.3 Å². The third-order valence-electron chi connectivity index (χ3n) is 0.556. The Morgan fingerprint density at radius 1 is 0.750 bits per heavy atom. The van der Waals surface area contributed by atoms with E-state index in [0.717, 1.165) is 0 Å². The molecule has 0 fully saturated rings. The molecule has 0 N–H and O–H groups in total. The molecule has 0 saturated heterocycles. The second-order valence-corrected chi connectivity index (χ2v) is 0.962. The van der Waals surface area contributed by atoms with Gasteiger partial charge in [0.15, 0.2) is 0 Å². The zero-order valence-electron chi connectivity index (χ0n) is 6.02. The van der Waals surface area contributed by atoms with E-state index in [9.17, 15) is 0 Å². The van der Waals surface area contributed by atoms with Crippen molar-refractivity contribution < 1.29 is 35.0 Å². The quantitative estimate of drug-likeness (QED) is 0.375. The predicted molar refractivity (Wildman–Crippen MR) is 33.8 cm³/mol. The van der Waals surface area contributed by atoms with E-state index in [4.69, 9.17) is 14.0 Å². The summed E-state index contributed by atoms with van der Waals surface area (Å²) >= 11 is 0. The molecule has 12 heavy (non-hydrogen) atoms. The maximum Gasteiger partial charge on any atom is 2.00 e. The standard InChI is InChI=1S/C5H5.3CO.Mo/c1-2-4-5-3-1;3*1-2;/h1-5H;;;;/q-1;;;;+2. The molecule has 60 valence electrons. The van der Waals surface area contributed by atoms with Gasteiger partial charge in [-0.1, -0.05) is 0 Å². The van der Waals surface area contributed by atoms with E-state index in [0.29, 0.717) is 0 Å². The Bertz CT molecular complexity index is 142. The zero-order chi connectivity index (χ0) is 9.54. The molecule has 0 amide bonds. The summed E-state index contributed by atoms with van der Waals surface area (Å²) in [6.07, 6.45) is 0. The van der Waals surface area contributed by atoms with E-state index >= 15 is 0 Å². The fourth-order valence-corrected chi connectivity index (χ4v) is 0.321. The van der Waals surface area contributed by atoms with Crippen molar-refractivity contribution in [3.8, 4) is 0 Å². The molecule has 0 radical (unpaired) electrons. The van der Waals surface area contributed by atoms with Gasteiger partial charge in [0.2, 0.25) is 0 Å². The van der Waals surface area contributed by atoms with Gasteiger partial charge in [0.1, 0.15) is 0 Å². The summed E-state index contributed by atoms with van der Waals surface area (Å²) in [4.78, 5) is 0. The Hall–Kier alpha value is -0.742. The van der Waals surface area contributed by atoms with E-state index in [2.05, 4.69) is 20.0 Å². The van der Waals surface area contributed by atoms with Crippen LogP contribution >= 0.6 is 0 Å². The minimum absolute atomic E-state index is 0. The molecule has 0 heterocycles. The molecule has 0 spiro atoms. The second-order valence-electron chi connectivity index (χ2n) is 0.962. The molecule has 0 atom stereocenters. The van der Waals surface area contributed by atoms with Gasteiger partial charge in [-0.2, -0.15) is 18.2 Å². The Labute approximate surface area is 85.6 Å². The van der Waals surface area contributed by atoms with Crippen molar-refractivity contribution in [1.29, 1.82) is 0 Å². The molecule has 0 aliphatic heterocycles. The summed E-state index contributed by atoms with van der Waals surface area (Å²) in [5.41, 5.74) is 0. The van der Waals surface area contributed by atoms with E-state index in [1.807, 2.05) is 30.3 Å². The zero-order valence-corrected chi connectivity index (χ0v) is 8.03. The van der Waals surface area contributed by atoms with Crippen LogP contribution in [0.25, 0.3) is 0 Å². The Morgan fingerprint density at radius 3 is 1.08 bits per heavy atom. The molecule has 1 rings (SSSR count). The molecule has 3 nitrogen and oxygen atoms in total. The molecule has 0 bridgehead atoms. The van der Waals surface area contributed by atoms with Crippen LogP contribution in [0.4, 0.5) is 0 Å². The molecule has 4 heteroatoms. The summed E-state index contributed by atoms with van der Waals surface area (Å²) in [7, 11) is 0. The van der Waals surface area contributed by atoms with Crippen LogP contribution in [0.3, 0.4) is 0 Å². The van der Waals surface area contributed by atoms with Crippen LogP contribution < -0.4 is 0 Å². The fraction of sp³-hybridized carbons (Fsp3) is 0. The SMILES string of the molecule is [C-]#[O+].[C-]#[O+].[C-]#[O+].[Mo+2].c1cc[cH-]c1. The van der Waals surface area contributed by atoms with Gasteiger partial charge in [-0.05, 0) is 0 Å². The van der Waals surface area contributed by atoms with Gasteiger partial charge in [-0.3, -0.25) is 0 Å². The van der Waals surface area contributed by atoms with Gasteiger partial charge in [0.05, 0.1) is 0 Å². The van der Waals surface area contributed by atoms with E-state index < -0.39 is 0 Å². The predicted octanol–water partition coefficient (Wildman–Crippen LogP) is 1.29. The molecule has 0 saturated carbocycles. The van der Waals surface area contributed by atoms with Gasteiger partial charge < -0.3 is 0 Å². The van der Waals surface area contributed by atoms with E-state index in [1.54, 1.807) is 0 Å². The summed E-state index contributed by atoms with van der Waals surface area (Å²) in [5.74, 6) is 0. The van der Waals surface area contributed by atoms with Crippen molar-refractivity contribution in [1.82, 2.24) is 0 Å². The van der Waals surface area contributed by atoms with Gasteiger partial charge in [-0.25, -0.2) is 12.1 Å². The molecule has 0 aliphatic carbocycles. The maximum atomic E-state index is 7.50. The number of rotatable bonds is 0. The van der Waals surface area contributed by atoms with Crippen LogP contribution in [-0.2, 0) is 35.0 Å². The molecular weight excluding hydrogens is 240 g/mol. The van der Waals surface area contributed by atoms with E-state index in [-0.39, 0.29) is 21.1 Å². The first kappa shape index (κ1) is 22.5. The van der Waals surface area contributed by atoms with Crippen LogP contribution in [-0.4, -0.2) is 0 Å². The van der Waals surface area contributed by atoms with Crippen LogP contribution in [0.5, 0.6) is 0 Å². The topological polar surface area (TPSA) is 59.7 Å². The van der Waals surface area contributed by atoms with Gasteiger partial charge in [-0.15, -0.1) is 0 Å². The largest absolute Gasteiger partial charge is 2.00 e. The van der Waals surface area contributed by atoms with Crippen LogP contribution in [0.2, 0.25) is 0 Å². The Balaban J connectivity index is -0.0000000406. The molecule has 1 aromatic carbocycles. The second kappa shape index (κ2) is 48.5. The van der Waals surface area contributed by atoms with Crippen LogP contribution in [0, 0.1) is 20.0 Å². The molecular formula is C8H5MoO3+. The minimum Gasteiger partial charge on any atom is -0.214 e. The first-order valence-corrected chi connectivity index (χ1v) is 2.28. The first-order valence-electron chi connectivity index (χ1n) is 2.28. The minimum atomic E-state index is 0. The van der Waals surface area contributed by atoms with E-state index in [1.165, 1.54) is 0 Å². The first-order chi connectivity index (χ1) is 5.50. The average Bonchev–Trinajstić information content (AvgIpc) is 2.71. The third kappa shape index (κ3) is 34.8. The van der Waals surface area contributed by atoms with Gasteiger partial charge in [0, 0.05) is 0 Å². The number of hydrogen-bond donors (Lipinski definition) is 0. The van der Waals surface area contributed by atoms with Gasteiger partial charge in [0.25, 0.3) is 0 Å². The van der Waals surface area contributed by atoms with Crippen molar-refractivity contribution in [3.63, 3.8) is 0 Å². The van der Waals surface area contributed by atoms with Crippen molar-refractivity contribution in [2.45, 2.75) is 0 Å². The monoisotopic (exact) mass is 247 g/mol. The normalized spacial score (nSPS) is 3.83. The Kier molecular flexibility index (Phi) is 90.9. The fourth-order valence-electron chi connectivity index (χ4n) is 0.321. The Morgan fingerprint density at radius 2 is 1.00 bits per heavy atom.